The van der Waals surface area contributed by atoms with Gasteiger partial charge in [-0.05, 0) is 29.5 Å². The van der Waals surface area contributed by atoms with E-state index in [0.29, 0.717) is 33.6 Å². The van der Waals surface area contributed by atoms with Crippen molar-refractivity contribution in [3.63, 3.8) is 0 Å². The van der Waals surface area contributed by atoms with Gasteiger partial charge in [0.25, 0.3) is 0 Å². The Bertz CT molecular complexity index is 1680. The van der Waals surface area contributed by atoms with Crippen molar-refractivity contribution in [1.29, 1.82) is 0 Å². The Morgan fingerprint density at radius 1 is 0.933 bits per heavy atom. The van der Waals surface area contributed by atoms with Gasteiger partial charge in [0.15, 0.2) is 5.65 Å². The van der Waals surface area contributed by atoms with E-state index in [0.717, 1.165) is 34.1 Å². The fraction of sp³-hybridized carbons (Fsp3) is 0.160. The highest BCUT2D eigenvalue weighted by Crippen LogP contribution is 2.29. The number of benzene rings is 3. The molecule has 6 aromatic rings. The Morgan fingerprint density at radius 2 is 1.73 bits per heavy atom. The average Bonchev–Trinajstić information content (AvgIpc) is 3.13. The molecule has 0 saturated heterocycles. The molecule has 0 radical (unpaired) electrons. The van der Waals surface area contributed by atoms with E-state index >= 15 is 0 Å². The molecule has 0 fully saturated rings. The SMILES string of the molecule is CC(C)Cc1nc2oc3c(ccc4ccccc43)c(=O)c2c2nc3ccccc3n12. The van der Waals surface area contributed by atoms with Gasteiger partial charge in [0, 0.05) is 11.8 Å². The normalized spacial score (nSPS) is 12.2. The van der Waals surface area contributed by atoms with Gasteiger partial charge in [-0.15, -0.1) is 0 Å². The van der Waals surface area contributed by atoms with Crippen LogP contribution in [0.5, 0.6) is 0 Å². The zero-order chi connectivity index (χ0) is 20.4. The topological polar surface area (TPSA) is 60.4 Å². The predicted octanol–water partition coefficient (Wildman–Crippen LogP) is 5.49. The van der Waals surface area contributed by atoms with E-state index in [1.54, 1.807) is 0 Å². The second-order valence-corrected chi connectivity index (χ2v) is 8.16. The van der Waals surface area contributed by atoms with Crippen molar-refractivity contribution in [2.45, 2.75) is 20.3 Å². The number of hydrogen-bond donors (Lipinski definition) is 0. The van der Waals surface area contributed by atoms with Crippen LogP contribution < -0.4 is 5.43 Å². The molecule has 5 heteroatoms. The van der Waals surface area contributed by atoms with Crippen LogP contribution in [0.3, 0.4) is 0 Å². The van der Waals surface area contributed by atoms with Gasteiger partial charge in [-0.3, -0.25) is 9.20 Å². The summed E-state index contributed by atoms with van der Waals surface area (Å²) in [5, 5.41) is 2.92. The van der Waals surface area contributed by atoms with E-state index in [1.165, 1.54) is 0 Å². The summed E-state index contributed by atoms with van der Waals surface area (Å²) in [4.78, 5) is 23.2. The van der Waals surface area contributed by atoms with Gasteiger partial charge in [0.05, 0.1) is 16.4 Å². The van der Waals surface area contributed by atoms with Gasteiger partial charge in [-0.1, -0.05) is 56.3 Å². The van der Waals surface area contributed by atoms with Crippen LogP contribution in [0.25, 0.3) is 49.5 Å². The molecular formula is C25H19N3O2. The van der Waals surface area contributed by atoms with Gasteiger partial charge in [0.2, 0.25) is 11.1 Å². The molecule has 0 bridgehead atoms. The maximum absolute atomic E-state index is 13.6. The Morgan fingerprint density at radius 3 is 2.60 bits per heavy atom. The molecular weight excluding hydrogens is 374 g/mol. The molecule has 0 amide bonds. The monoisotopic (exact) mass is 393 g/mol. The maximum Gasteiger partial charge on any atom is 0.236 e. The van der Waals surface area contributed by atoms with E-state index in [1.807, 2.05) is 65.1 Å². The fourth-order valence-electron chi connectivity index (χ4n) is 4.31. The molecule has 0 N–H and O–H groups in total. The van der Waals surface area contributed by atoms with Crippen molar-refractivity contribution in [3.8, 4) is 0 Å². The summed E-state index contributed by atoms with van der Waals surface area (Å²) < 4.78 is 8.32. The van der Waals surface area contributed by atoms with Crippen LogP contribution in [0.1, 0.15) is 19.7 Å². The average molecular weight is 393 g/mol. The summed E-state index contributed by atoms with van der Waals surface area (Å²) >= 11 is 0. The van der Waals surface area contributed by atoms with Crippen LogP contribution in [-0.2, 0) is 6.42 Å². The third kappa shape index (κ3) is 2.32. The molecule has 3 aromatic heterocycles. The summed E-state index contributed by atoms with van der Waals surface area (Å²) in [6.45, 7) is 4.31. The molecule has 146 valence electrons. The van der Waals surface area contributed by atoms with Crippen molar-refractivity contribution in [2.75, 3.05) is 0 Å². The molecule has 0 unspecified atom stereocenters. The first kappa shape index (κ1) is 17.2. The summed E-state index contributed by atoms with van der Waals surface area (Å²) in [5.41, 5.74) is 3.24. The Balaban J connectivity index is 1.87. The molecule has 0 aliphatic rings. The summed E-state index contributed by atoms with van der Waals surface area (Å²) in [7, 11) is 0. The molecule has 30 heavy (non-hydrogen) atoms. The third-order valence-corrected chi connectivity index (χ3v) is 5.63. The summed E-state index contributed by atoms with van der Waals surface area (Å²) in [5.74, 6) is 1.25. The van der Waals surface area contributed by atoms with Gasteiger partial charge in [0.1, 0.15) is 16.8 Å². The van der Waals surface area contributed by atoms with Crippen LogP contribution in [0, 0.1) is 5.92 Å². The molecule has 0 spiro atoms. The van der Waals surface area contributed by atoms with E-state index in [9.17, 15) is 4.79 Å². The zero-order valence-electron chi connectivity index (χ0n) is 16.7. The van der Waals surface area contributed by atoms with Crippen molar-refractivity contribution in [2.24, 2.45) is 5.92 Å². The standard InChI is InChI=1S/C25H19N3O2/c1-14(2)13-20-27-25-21(24-26-18-9-5-6-10-19(18)28(20)24)22(29)17-12-11-15-7-3-4-8-16(15)23(17)30-25/h3-12,14H,13H2,1-2H3. The van der Waals surface area contributed by atoms with Crippen LogP contribution >= 0.6 is 0 Å². The number of nitrogens with zero attached hydrogens (tertiary/aromatic N) is 3. The number of aromatic nitrogens is 3. The minimum atomic E-state index is -0.0964. The Kier molecular flexibility index (Phi) is 3.51. The molecule has 3 aromatic carbocycles. The Labute approximate surface area is 171 Å². The number of rotatable bonds is 2. The van der Waals surface area contributed by atoms with Crippen LogP contribution in [0.2, 0.25) is 0 Å². The highest BCUT2D eigenvalue weighted by atomic mass is 16.3. The number of hydrogen-bond acceptors (Lipinski definition) is 4. The maximum atomic E-state index is 13.6. The first-order chi connectivity index (χ1) is 14.6. The lowest BCUT2D eigenvalue weighted by Gasteiger charge is -2.11. The number of fused-ring (bicyclic) bond motifs is 8. The van der Waals surface area contributed by atoms with Crippen LogP contribution in [0.4, 0.5) is 0 Å². The predicted molar refractivity (Wildman–Crippen MR) is 120 cm³/mol. The van der Waals surface area contributed by atoms with Gasteiger partial charge in [-0.2, -0.15) is 4.98 Å². The smallest absolute Gasteiger partial charge is 0.236 e. The second kappa shape index (κ2) is 6.13. The quantitative estimate of drug-likeness (QED) is 0.288. The van der Waals surface area contributed by atoms with Crippen LogP contribution in [-0.4, -0.2) is 14.4 Å². The van der Waals surface area contributed by atoms with E-state index in [-0.39, 0.29) is 5.43 Å². The van der Waals surface area contributed by atoms with Gasteiger partial charge in [-0.25, -0.2) is 4.98 Å². The molecule has 5 nitrogen and oxygen atoms in total. The highest BCUT2D eigenvalue weighted by Gasteiger charge is 2.20. The van der Waals surface area contributed by atoms with Crippen molar-refractivity contribution < 1.29 is 4.42 Å². The van der Waals surface area contributed by atoms with Crippen LogP contribution in [0.15, 0.2) is 69.9 Å². The van der Waals surface area contributed by atoms with E-state index in [2.05, 4.69) is 13.8 Å². The van der Waals surface area contributed by atoms with Gasteiger partial charge < -0.3 is 4.42 Å². The highest BCUT2D eigenvalue weighted by molar-refractivity contribution is 6.08. The molecule has 0 aliphatic heterocycles. The molecule has 0 saturated carbocycles. The van der Waals surface area contributed by atoms with Gasteiger partial charge >= 0.3 is 0 Å². The van der Waals surface area contributed by atoms with Crippen molar-refractivity contribution >= 4 is 49.5 Å². The minimum absolute atomic E-state index is 0.0964. The van der Waals surface area contributed by atoms with E-state index < -0.39 is 0 Å². The van der Waals surface area contributed by atoms with E-state index in [4.69, 9.17) is 14.4 Å². The molecule has 0 aliphatic carbocycles. The summed E-state index contributed by atoms with van der Waals surface area (Å²) in [6.07, 6.45) is 0.754. The summed E-state index contributed by atoms with van der Waals surface area (Å²) in [6, 6.07) is 19.6. The first-order valence-electron chi connectivity index (χ1n) is 10.2. The number of imidazole rings is 1. The van der Waals surface area contributed by atoms with Crippen molar-refractivity contribution in [1.82, 2.24) is 14.4 Å². The minimum Gasteiger partial charge on any atom is -0.437 e. The molecule has 3 heterocycles. The number of para-hydroxylation sites is 2. The third-order valence-electron chi connectivity index (χ3n) is 5.63. The zero-order valence-corrected chi connectivity index (χ0v) is 16.7. The fourth-order valence-corrected chi connectivity index (χ4v) is 4.31. The lowest BCUT2D eigenvalue weighted by Crippen LogP contribution is -2.11. The first-order valence-corrected chi connectivity index (χ1v) is 10.2. The van der Waals surface area contributed by atoms with Crippen molar-refractivity contribution in [3.05, 3.63) is 76.7 Å². The Hall–Kier alpha value is -3.73. The largest absolute Gasteiger partial charge is 0.437 e. The lowest BCUT2D eigenvalue weighted by molar-refractivity contribution is 0.602. The molecule has 6 rings (SSSR count). The second-order valence-electron chi connectivity index (χ2n) is 8.16. The lowest BCUT2D eigenvalue weighted by atomic mass is 10.1. The molecule has 0 atom stereocenters.